The van der Waals surface area contributed by atoms with Crippen LogP contribution in [0.5, 0.6) is 5.75 Å². The summed E-state index contributed by atoms with van der Waals surface area (Å²) >= 11 is 0. The van der Waals surface area contributed by atoms with Crippen molar-refractivity contribution in [2.24, 2.45) is 0 Å². The van der Waals surface area contributed by atoms with Crippen molar-refractivity contribution in [3.8, 4) is 11.8 Å². The Morgan fingerprint density at radius 1 is 1.04 bits per heavy atom. The van der Waals surface area contributed by atoms with Crippen LogP contribution in [0.2, 0.25) is 0 Å². The van der Waals surface area contributed by atoms with Crippen molar-refractivity contribution in [3.05, 3.63) is 65.2 Å². The Morgan fingerprint density at radius 2 is 1.61 bits per heavy atom. The van der Waals surface area contributed by atoms with E-state index in [1.54, 1.807) is 31.2 Å². The second-order valence-corrected chi connectivity index (χ2v) is 6.59. The van der Waals surface area contributed by atoms with Crippen LogP contribution in [-0.4, -0.2) is 11.9 Å². The van der Waals surface area contributed by atoms with Crippen LogP contribution in [0, 0.1) is 11.3 Å². The molecule has 0 unspecified atom stereocenters. The lowest BCUT2D eigenvalue weighted by molar-refractivity contribution is 0.0818. The van der Waals surface area contributed by atoms with E-state index in [-0.39, 0.29) is 11.2 Å². The first-order valence-corrected chi connectivity index (χ1v) is 7.63. The van der Waals surface area contributed by atoms with E-state index >= 15 is 0 Å². The van der Waals surface area contributed by atoms with E-state index < -0.39 is 6.10 Å². The van der Waals surface area contributed by atoms with Gasteiger partial charge in [0.15, 0.2) is 6.10 Å². The minimum Gasteiger partial charge on any atom is -0.483 e. The predicted molar refractivity (Wildman–Crippen MR) is 90.7 cm³/mol. The second kappa shape index (κ2) is 6.66. The van der Waals surface area contributed by atoms with Gasteiger partial charge in [-0.15, -0.1) is 0 Å². The average molecular weight is 307 g/mol. The highest BCUT2D eigenvalue weighted by atomic mass is 16.5. The highest BCUT2D eigenvalue weighted by Crippen LogP contribution is 2.23. The first kappa shape index (κ1) is 16.8. The molecule has 0 saturated carbocycles. The van der Waals surface area contributed by atoms with Gasteiger partial charge in [-0.1, -0.05) is 45.0 Å². The van der Waals surface area contributed by atoms with Gasteiger partial charge in [0.05, 0.1) is 11.6 Å². The van der Waals surface area contributed by atoms with E-state index in [0.29, 0.717) is 16.9 Å². The molecule has 0 bridgehead atoms. The summed E-state index contributed by atoms with van der Waals surface area (Å²) in [5, 5.41) is 8.78. The monoisotopic (exact) mass is 307 g/mol. The maximum atomic E-state index is 12.5. The van der Waals surface area contributed by atoms with Crippen LogP contribution in [0.4, 0.5) is 0 Å². The number of hydrogen-bond donors (Lipinski definition) is 0. The number of ketones is 1. The van der Waals surface area contributed by atoms with Gasteiger partial charge in [-0.05, 0) is 42.2 Å². The molecule has 0 N–H and O–H groups in total. The summed E-state index contributed by atoms with van der Waals surface area (Å²) in [6, 6.07) is 16.5. The molecule has 0 aliphatic carbocycles. The zero-order valence-corrected chi connectivity index (χ0v) is 14.0. The van der Waals surface area contributed by atoms with Crippen molar-refractivity contribution in [3.63, 3.8) is 0 Å². The van der Waals surface area contributed by atoms with Crippen LogP contribution in [0.25, 0.3) is 0 Å². The standard InChI is InChI=1S/C20H21NO2/c1-14(23-18-11-5-15(13-21)6-12-18)19(22)16-7-9-17(10-8-16)20(2,3)4/h5-12,14H,1-4H3/t14-/m1/s1. The summed E-state index contributed by atoms with van der Waals surface area (Å²) in [7, 11) is 0. The van der Waals surface area contributed by atoms with Gasteiger partial charge in [0.25, 0.3) is 0 Å². The first-order valence-electron chi connectivity index (χ1n) is 7.63. The van der Waals surface area contributed by atoms with Crippen LogP contribution in [0.15, 0.2) is 48.5 Å². The summed E-state index contributed by atoms with van der Waals surface area (Å²) in [6.45, 7) is 8.15. The number of nitriles is 1. The molecule has 0 aliphatic heterocycles. The maximum Gasteiger partial charge on any atom is 0.202 e. The normalized spacial score (nSPS) is 12.3. The molecule has 23 heavy (non-hydrogen) atoms. The van der Waals surface area contributed by atoms with Gasteiger partial charge >= 0.3 is 0 Å². The van der Waals surface area contributed by atoms with E-state index in [1.165, 1.54) is 5.56 Å². The van der Waals surface area contributed by atoms with Crippen molar-refractivity contribution in [2.45, 2.75) is 39.2 Å². The molecule has 0 saturated heterocycles. The fraction of sp³-hybridized carbons (Fsp3) is 0.300. The minimum atomic E-state index is -0.580. The molecular formula is C20H21NO2. The van der Waals surface area contributed by atoms with Crippen LogP contribution in [-0.2, 0) is 5.41 Å². The van der Waals surface area contributed by atoms with Crippen molar-refractivity contribution >= 4 is 5.78 Å². The molecular weight excluding hydrogens is 286 g/mol. The van der Waals surface area contributed by atoms with Gasteiger partial charge in [-0.2, -0.15) is 5.26 Å². The van der Waals surface area contributed by atoms with E-state index in [4.69, 9.17) is 10.00 Å². The Hall–Kier alpha value is -2.60. The fourth-order valence-electron chi connectivity index (χ4n) is 2.23. The minimum absolute atomic E-state index is 0.0604. The Balaban J connectivity index is 2.08. The van der Waals surface area contributed by atoms with Gasteiger partial charge in [0.2, 0.25) is 5.78 Å². The smallest absolute Gasteiger partial charge is 0.202 e. The molecule has 0 fully saturated rings. The summed E-state index contributed by atoms with van der Waals surface area (Å²) in [4.78, 5) is 12.5. The number of Topliss-reactive ketones (excluding diaryl/α,β-unsaturated/α-hetero) is 1. The molecule has 0 amide bonds. The van der Waals surface area contributed by atoms with Gasteiger partial charge in [-0.3, -0.25) is 4.79 Å². The number of rotatable bonds is 4. The van der Waals surface area contributed by atoms with E-state index in [1.807, 2.05) is 24.3 Å². The van der Waals surface area contributed by atoms with Gasteiger partial charge in [-0.25, -0.2) is 0 Å². The molecule has 0 spiro atoms. The largest absolute Gasteiger partial charge is 0.483 e. The Morgan fingerprint density at radius 3 is 2.09 bits per heavy atom. The van der Waals surface area contributed by atoms with Gasteiger partial charge < -0.3 is 4.74 Å². The molecule has 2 aromatic carbocycles. The summed E-state index contributed by atoms with van der Waals surface area (Å²) in [5.74, 6) is 0.519. The average Bonchev–Trinajstić information content (AvgIpc) is 2.54. The lowest BCUT2D eigenvalue weighted by atomic mass is 9.86. The number of nitrogens with zero attached hydrogens (tertiary/aromatic N) is 1. The van der Waals surface area contributed by atoms with Crippen LogP contribution in [0.1, 0.15) is 49.2 Å². The number of hydrogen-bond acceptors (Lipinski definition) is 3. The van der Waals surface area contributed by atoms with Gasteiger partial charge in [0.1, 0.15) is 5.75 Å². The van der Waals surface area contributed by atoms with E-state index in [0.717, 1.165) is 0 Å². The molecule has 0 heterocycles. The Kier molecular flexibility index (Phi) is 4.86. The van der Waals surface area contributed by atoms with Crippen molar-refractivity contribution in [2.75, 3.05) is 0 Å². The molecule has 3 nitrogen and oxygen atoms in total. The highest BCUT2D eigenvalue weighted by Gasteiger charge is 2.19. The fourth-order valence-corrected chi connectivity index (χ4v) is 2.23. The summed E-state index contributed by atoms with van der Waals surface area (Å²) in [6.07, 6.45) is -0.580. The van der Waals surface area contributed by atoms with Crippen LogP contribution >= 0.6 is 0 Å². The van der Waals surface area contributed by atoms with Gasteiger partial charge in [0, 0.05) is 5.56 Å². The molecule has 1 atom stereocenters. The summed E-state index contributed by atoms with van der Waals surface area (Å²) in [5.41, 5.74) is 2.45. The van der Waals surface area contributed by atoms with Crippen LogP contribution < -0.4 is 4.74 Å². The third-order valence-corrected chi connectivity index (χ3v) is 3.70. The number of carbonyl (C=O) groups excluding carboxylic acids is 1. The Bertz CT molecular complexity index is 716. The predicted octanol–water partition coefficient (Wildman–Crippen LogP) is 4.51. The zero-order chi connectivity index (χ0) is 17.0. The van der Waals surface area contributed by atoms with Crippen molar-refractivity contribution in [1.29, 1.82) is 5.26 Å². The maximum absolute atomic E-state index is 12.5. The topological polar surface area (TPSA) is 50.1 Å². The molecule has 2 rings (SSSR count). The van der Waals surface area contributed by atoms with E-state index in [2.05, 4.69) is 26.8 Å². The van der Waals surface area contributed by atoms with Crippen molar-refractivity contribution < 1.29 is 9.53 Å². The highest BCUT2D eigenvalue weighted by molar-refractivity contribution is 5.99. The molecule has 0 radical (unpaired) electrons. The quantitative estimate of drug-likeness (QED) is 0.781. The lowest BCUT2D eigenvalue weighted by Gasteiger charge is -2.19. The SMILES string of the molecule is C[C@@H](Oc1ccc(C#N)cc1)C(=O)c1ccc(C(C)(C)C)cc1. The zero-order valence-electron chi connectivity index (χ0n) is 14.0. The molecule has 0 aliphatic rings. The second-order valence-electron chi connectivity index (χ2n) is 6.59. The number of carbonyl (C=O) groups is 1. The molecule has 0 aromatic heterocycles. The van der Waals surface area contributed by atoms with E-state index in [9.17, 15) is 4.79 Å². The van der Waals surface area contributed by atoms with Crippen molar-refractivity contribution in [1.82, 2.24) is 0 Å². The third-order valence-electron chi connectivity index (χ3n) is 3.70. The number of benzene rings is 2. The molecule has 3 heteroatoms. The molecule has 2 aromatic rings. The Labute approximate surface area is 137 Å². The first-order chi connectivity index (χ1) is 10.8. The van der Waals surface area contributed by atoms with Crippen LogP contribution in [0.3, 0.4) is 0 Å². The lowest BCUT2D eigenvalue weighted by Crippen LogP contribution is -2.24. The number of ether oxygens (including phenoxy) is 1. The molecule has 118 valence electrons. The summed E-state index contributed by atoms with van der Waals surface area (Å²) < 4.78 is 5.67. The third kappa shape index (κ3) is 4.20.